The van der Waals surface area contributed by atoms with Crippen LogP contribution in [-0.4, -0.2) is 10.4 Å². The van der Waals surface area contributed by atoms with E-state index < -0.39 is 6.10 Å². The zero-order valence-electron chi connectivity index (χ0n) is 8.34. The van der Waals surface area contributed by atoms with Gasteiger partial charge in [0.05, 0.1) is 10.6 Å². The average Bonchev–Trinajstić information content (AvgIpc) is 2.24. The van der Waals surface area contributed by atoms with Gasteiger partial charge in [-0.1, -0.05) is 13.0 Å². The van der Waals surface area contributed by atoms with Crippen LogP contribution in [0.25, 0.3) is 0 Å². The molecule has 15 heavy (non-hydrogen) atoms. The number of rotatable bonds is 1. The van der Waals surface area contributed by atoms with E-state index in [0.29, 0.717) is 4.47 Å². The topological polar surface area (TPSA) is 20.2 Å². The molecule has 0 saturated heterocycles. The first-order valence-electron chi connectivity index (χ1n) is 4.91. The second-order valence-corrected chi connectivity index (χ2v) is 5.65. The minimum atomic E-state index is -0.472. The normalized spacial score (nSPS) is 25.1. The van der Waals surface area contributed by atoms with Gasteiger partial charge in [0.1, 0.15) is 5.82 Å². The van der Waals surface area contributed by atoms with Crippen molar-refractivity contribution in [3.63, 3.8) is 0 Å². The third-order valence-corrected chi connectivity index (χ3v) is 5.08. The van der Waals surface area contributed by atoms with E-state index in [1.165, 1.54) is 6.07 Å². The largest absolute Gasteiger partial charge is 0.387 e. The fourth-order valence-electron chi connectivity index (χ4n) is 1.85. The molecule has 2 rings (SSSR count). The summed E-state index contributed by atoms with van der Waals surface area (Å²) in [6.07, 6.45) is 0.459. The lowest BCUT2D eigenvalue weighted by Gasteiger charge is -2.29. The van der Waals surface area contributed by atoms with Crippen LogP contribution in [-0.2, 0) is 5.75 Å². The SMILES string of the molecule is CCC1SCc2c(ccc(F)c2Br)C1O. The highest BCUT2D eigenvalue weighted by Gasteiger charge is 2.29. The third-order valence-electron chi connectivity index (χ3n) is 2.75. The van der Waals surface area contributed by atoms with Gasteiger partial charge < -0.3 is 5.11 Å². The molecule has 0 aromatic heterocycles. The highest BCUT2D eigenvalue weighted by molar-refractivity contribution is 9.10. The Balaban J connectivity index is 2.45. The monoisotopic (exact) mass is 290 g/mol. The van der Waals surface area contributed by atoms with Crippen molar-refractivity contribution in [3.05, 3.63) is 33.5 Å². The van der Waals surface area contributed by atoms with Gasteiger partial charge in [0, 0.05) is 11.0 Å². The Morgan fingerprint density at radius 3 is 3.00 bits per heavy atom. The number of benzene rings is 1. The van der Waals surface area contributed by atoms with Crippen molar-refractivity contribution in [2.24, 2.45) is 0 Å². The van der Waals surface area contributed by atoms with Crippen molar-refractivity contribution in [2.75, 3.05) is 0 Å². The van der Waals surface area contributed by atoms with Crippen LogP contribution >= 0.6 is 27.7 Å². The summed E-state index contributed by atoms with van der Waals surface area (Å²) in [6, 6.07) is 3.11. The predicted octanol–water partition coefficient (Wildman–Crippen LogP) is 3.65. The first-order chi connectivity index (χ1) is 7.15. The molecule has 2 atom stereocenters. The smallest absolute Gasteiger partial charge is 0.137 e. The van der Waals surface area contributed by atoms with E-state index in [9.17, 15) is 9.50 Å². The van der Waals surface area contributed by atoms with Gasteiger partial charge in [0.25, 0.3) is 0 Å². The molecule has 1 aliphatic rings. The van der Waals surface area contributed by atoms with Crippen LogP contribution in [0.2, 0.25) is 0 Å². The third kappa shape index (κ3) is 1.95. The molecule has 1 aliphatic heterocycles. The molecule has 0 spiro atoms. The van der Waals surface area contributed by atoms with Gasteiger partial charge in [-0.25, -0.2) is 4.39 Å². The van der Waals surface area contributed by atoms with Crippen LogP contribution < -0.4 is 0 Å². The molecule has 1 nitrogen and oxygen atoms in total. The molecule has 1 N–H and O–H groups in total. The lowest BCUT2D eigenvalue weighted by Crippen LogP contribution is -2.21. The first kappa shape index (κ1) is 11.4. The Morgan fingerprint density at radius 2 is 2.33 bits per heavy atom. The molecule has 1 aromatic carbocycles. The van der Waals surface area contributed by atoms with E-state index in [-0.39, 0.29) is 11.1 Å². The number of aliphatic hydroxyl groups is 1. The molecule has 82 valence electrons. The second-order valence-electron chi connectivity index (χ2n) is 3.63. The van der Waals surface area contributed by atoms with E-state index in [4.69, 9.17) is 0 Å². The van der Waals surface area contributed by atoms with E-state index >= 15 is 0 Å². The minimum absolute atomic E-state index is 0.231. The van der Waals surface area contributed by atoms with E-state index in [1.54, 1.807) is 17.8 Å². The number of aliphatic hydroxyl groups excluding tert-OH is 1. The molecule has 1 aromatic rings. The molecule has 0 aliphatic carbocycles. The predicted molar refractivity (Wildman–Crippen MR) is 64.4 cm³/mol. The van der Waals surface area contributed by atoms with Gasteiger partial charge >= 0.3 is 0 Å². The van der Waals surface area contributed by atoms with Crippen molar-refractivity contribution >= 4 is 27.7 Å². The summed E-state index contributed by atoms with van der Waals surface area (Å²) in [7, 11) is 0. The number of fused-ring (bicyclic) bond motifs is 1. The highest BCUT2D eigenvalue weighted by atomic mass is 79.9. The van der Waals surface area contributed by atoms with Crippen LogP contribution in [0, 0.1) is 5.82 Å². The van der Waals surface area contributed by atoms with Crippen molar-refractivity contribution < 1.29 is 9.50 Å². The Labute approximate surface area is 101 Å². The van der Waals surface area contributed by atoms with Crippen molar-refractivity contribution in [2.45, 2.75) is 30.5 Å². The summed E-state index contributed by atoms with van der Waals surface area (Å²) in [6.45, 7) is 2.06. The molecular weight excluding hydrogens is 279 g/mol. The van der Waals surface area contributed by atoms with Crippen LogP contribution in [0.1, 0.15) is 30.6 Å². The van der Waals surface area contributed by atoms with Crippen molar-refractivity contribution in [3.8, 4) is 0 Å². The number of halogens is 2. The summed E-state index contributed by atoms with van der Waals surface area (Å²) >= 11 is 4.93. The number of hydrogen-bond acceptors (Lipinski definition) is 2. The highest BCUT2D eigenvalue weighted by Crippen LogP contribution is 2.42. The van der Waals surface area contributed by atoms with Crippen LogP contribution in [0.4, 0.5) is 4.39 Å². The second kappa shape index (κ2) is 4.44. The molecular formula is C11H12BrFOS. The van der Waals surface area contributed by atoms with Gasteiger partial charge in [-0.2, -0.15) is 11.8 Å². The summed E-state index contributed by atoms with van der Waals surface area (Å²) in [5, 5.41) is 10.3. The maximum Gasteiger partial charge on any atom is 0.137 e. The minimum Gasteiger partial charge on any atom is -0.387 e. The lowest BCUT2D eigenvalue weighted by atomic mass is 9.99. The van der Waals surface area contributed by atoms with E-state index in [1.807, 2.05) is 0 Å². The summed E-state index contributed by atoms with van der Waals surface area (Å²) in [5.41, 5.74) is 1.77. The maximum absolute atomic E-state index is 13.3. The molecule has 1 heterocycles. The van der Waals surface area contributed by atoms with Crippen molar-refractivity contribution in [1.29, 1.82) is 0 Å². The summed E-state index contributed by atoms with van der Waals surface area (Å²) in [4.78, 5) is 0. The zero-order chi connectivity index (χ0) is 11.0. The summed E-state index contributed by atoms with van der Waals surface area (Å²) < 4.78 is 13.8. The van der Waals surface area contributed by atoms with Crippen molar-refractivity contribution in [1.82, 2.24) is 0 Å². The maximum atomic E-state index is 13.3. The molecule has 0 saturated carbocycles. The Bertz CT molecular complexity index is 383. The molecule has 2 unspecified atom stereocenters. The average molecular weight is 291 g/mol. The van der Waals surface area contributed by atoms with Gasteiger partial charge in [-0.05, 0) is 39.5 Å². The van der Waals surface area contributed by atoms with Gasteiger partial charge in [0.2, 0.25) is 0 Å². The Kier molecular flexibility index (Phi) is 3.38. The fraction of sp³-hybridized carbons (Fsp3) is 0.455. The van der Waals surface area contributed by atoms with Crippen LogP contribution in [0.15, 0.2) is 16.6 Å². The lowest BCUT2D eigenvalue weighted by molar-refractivity contribution is 0.170. The van der Waals surface area contributed by atoms with Gasteiger partial charge in [-0.15, -0.1) is 0 Å². The molecule has 0 radical (unpaired) electrons. The Morgan fingerprint density at radius 1 is 1.60 bits per heavy atom. The Hall–Kier alpha value is -0.0600. The zero-order valence-corrected chi connectivity index (χ0v) is 10.7. The van der Waals surface area contributed by atoms with Crippen LogP contribution in [0.3, 0.4) is 0 Å². The summed E-state index contributed by atoms with van der Waals surface area (Å²) in [5.74, 6) is 0.514. The van der Waals surface area contributed by atoms with Gasteiger partial charge in [0.15, 0.2) is 0 Å². The van der Waals surface area contributed by atoms with E-state index in [2.05, 4.69) is 22.9 Å². The molecule has 0 amide bonds. The quantitative estimate of drug-likeness (QED) is 0.852. The molecule has 0 bridgehead atoms. The van der Waals surface area contributed by atoms with Crippen LogP contribution in [0.5, 0.6) is 0 Å². The standard InChI is InChI=1S/C11H12BrFOS/c1-2-9-11(14)6-3-4-8(13)10(12)7(6)5-15-9/h3-4,9,11,14H,2,5H2,1H3. The first-order valence-corrected chi connectivity index (χ1v) is 6.75. The molecule has 0 fully saturated rings. The number of thioether (sulfide) groups is 1. The number of hydrogen-bond donors (Lipinski definition) is 1. The van der Waals surface area contributed by atoms with Gasteiger partial charge in [-0.3, -0.25) is 0 Å². The van der Waals surface area contributed by atoms with E-state index in [0.717, 1.165) is 23.3 Å². The molecule has 4 heteroatoms. The fourth-order valence-corrected chi connectivity index (χ4v) is 3.80.